The predicted molar refractivity (Wildman–Crippen MR) is 62.7 cm³/mol. The summed E-state index contributed by atoms with van der Waals surface area (Å²) in [5.74, 6) is 0.788. The van der Waals surface area contributed by atoms with Crippen LogP contribution < -0.4 is 0 Å². The van der Waals surface area contributed by atoms with Crippen LogP contribution in [0.1, 0.15) is 37.6 Å². The molecule has 2 rings (SSSR count). The summed E-state index contributed by atoms with van der Waals surface area (Å²) in [6.45, 7) is 7.16. The molecule has 1 aliphatic heterocycles. The predicted octanol–water partition coefficient (Wildman–Crippen LogP) is 3.54. The van der Waals surface area contributed by atoms with Crippen molar-refractivity contribution in [2.45, 2.75) is 32.7 Å². The second kappa shape index (κ2) is 4.45. The van der Waals surface area contributed by atoms with Gasteiger partial charge in [0.15, 0.2) is 0 Å². The summed E-state index contributed by atoms with van der Waals surface area (Å²) < 4.78 is 0. The van der Waals surface area contributed by atoms with Gasteiger partial charge in [-0.05, 0) is 36.8 Å². The van der Waals surface area contributed by atoms with E-state index in [1.807, 2.05) is 11.3 Å². The first-order valence-corrected chi connectivity index (χ1v) is 6.43. The van der Waals surface area contributed by atoms with Crippen LogP contribution in [0.2, 0.25) is 0 Å². The number of hydrogen-bond donors (Lipinski definition) is 0. The molecule has 1 aliphatic rings. The number of rotatable bonds is 3. The third kappa shape index (κ3) is 2.18. The second-order valence-electron chi connectivity index (χ2n) is 4.56. The topological polar surface area (TPSA) is 3.24 Å². The van der Waals surface area contributed by atoms with E-state index in [4.69, 9.17) is 0 Å². The second-order valence-corrected chi connectivity index (χ2v) is 5.54. The maximum absolute atomic E-state index is 2.65. The largest absolute Gasteiger partial charge is 0.295 e. The van der Waals surface area contributed by atoms with Crippen LogP contribution in [0.25, 0.3) is 0 Å². The molecule has 0 N–H and O–H groups in total. The SMILES string of the molecule is CC(C)CN1CCCC1c1cccs1. The third-order valence-corrected chi connectivity index (χ3v) is 3.81. The monoisotopic (exact) mass is 209 g/mol. The summed E-state index contributed by atoms with van der Waals surface area (Å²) in [5, 5.41) is 2.20. The molecule has 0 spiro atoms. The van der Waals surface area contributed by atoms with Crippen molar-refractivity contribution in [2.75, 3.05) is 13.1 Å². The molecule has 0 amide bonds. The lowest BCUT2D eigenvalue weighted by Gasteiger charge is -2.25. The smallest absolute Gasteiger partial charge is 0.0442 e. The molecule has 14 heavy (non-hydrogen) atoms. The molecule has 0 bridgehead atoms. The Hall–Kier alpha value is -0.340. The van der Waals surface area contributed by atoms with Crippen LogP contribution in [0.15, 0.2) is 17.5 Å². The summed E-state index contributed by atoms with van der Waals surface area (Å²) in [7, 11) is 0. The maximum atomic E-state index is 2.65. The van der Waals surface area contributed by atoms with Gasteiger partial charge in [-0.1, -0.05) is 19.9 Å². The first-order chi connectivity index (χ1) is 6.77. The molecular weight excluding hydrogens is 190 g/mol. The number of thiophene rings is 1. The summed E-state index contributed by atoms with van der Waals surface area (Å²) in [5.41, 5.74) is 0. The van der Waals surface area contributed by atoms with Gasteiger partial charge in [-0.15, -0.1) is 11.3 Å². The number of hydrogen-bond acceptors (Lipinski definition) is 2. The Kier molecular flexibility index (Phi) is 3.24. The average Bonchev–Trinajstić information content (AvgIpc) is 2.70. The maximum Gasteiger partial charge on any atom is 0.0442 e. The molecule has 1 aromatic heterocycles. The van der Waals surface area contributed by atoms with Crippen LogP contribution in [0.3, 0.4) is 0 Å². The van der Waals surface area contributed by atoms with Crippen LogP contribution in [0, 0.1) is 5.92 Å². The van der Waals surface area contributed by atoms with Gasteiger partial charge in [0, 0.05) is 17.5 Å². The molecule has 2 heteroatoms. The van der Waals surface area contributed by atoms with Gasteiger partial charge in [0.1, 0.15) is 0 Å². The van der Waals surface area contributed by atoms with E-state index in [0.717, 1.165) is 12.0 Å². The molecule has 1 fully saturated rings. The van der Waals surface area contributed by atoms with Crippen molar-refractivity contribution < 1.29 is 0 Å². The highest BCUT2D eigenvalue weighted by molar-refractivity contribution is 7.10. The van der Waals surface area contributed by atoms with E-state index in [2.05, 4.69) is 36.3 Å². The Morgan fingerprint density at radius 2 is 2.43 bits per heavy atom. The van der Waals surface area contributed by atoms with Crippen molar-refractivity contribution in [3.63, 3.8) is 0 Å². The molecule has 0 saturated carbocycles. The molecule has 1 nitrogen and oxygen atoms in total. The van der Waals surface area contributed by atoms with Crippen molar-refractivity contribution in [3.05, 3.63) is 22.4 Å². The zero-order valence-electron chi connectivity index (χ0n) is 9.07. The van der Waals surface area contributed by atoms with E-state index in [9.17, 15) is 0 Å². The van der Waals surface area contributed by atoms with Crippen LogP contribution in [0.4, 0.5) is 0 Å². The Morgan fingerprint density at radius 3 is 3.07 bits per heavy atom. The van der Waals surface area contributed by atoms with Gasteiger partial charge in [0.05, 0.1) is 0 Å². The highest BCUT2D eigenvalue weighted by Crippen LogP contribution is 2.34. The minimum atomic E-state index is 0.720. The quantitative estimate of drug-likeness (QED) is 0.736. The molecule has 1 atom stereocenters. The Morgan fingerprint density at radius 1 is 1.57 bits per heavy atom. The minimum absolute atomic E-state index is 0.720. The number of likely N-dealkylation sites (tertiary alicyclic amines) is 1. The van der Waals surface area contributed by atoms with Gasteiger partial charge in [-0.2, -0.15) is 0 Å². The Labute approximate surface area is 90.7 Å². The summed E-state index contributed by atoms with van der Waals surface area (Å²) in [4.78, 5) is 4.21. The molecule has 0 radical (unpaired) electrons. The zero-order valence-corrected chi connectivity index (χ0v) is 9.89. The van der Waals surface area contributed by atoms with Crippen molar-refractivity contribution in [1.29, 1.82) is 0 Å². The van der Waals surface area contributed by atoms with E-state index in [-0.39, 0.29) is 0 Å². The average molecular weight is 209 g/mol. The Bertz CT molecular complexity index is 266. The van der Waals surface area contributed by atoms with Gasteiger partial charge in [-0.3, -0.25) is 4.90 Å². The van der Waals surface area contributed by atoms with Gasteiger partial charge >= 0.3 is 0 Å². The number of nitrogens with zero attached hydrogens (tertiary/aromatic N) is 1. The molecule has 0 aromatic carbocycles. The van der Waals surface area contributed by atoms with Gasteiger partial charge < -0.3 is 0 Å². The molecule has 0 aliphatic carbocycles. The third-order valence-electron chi connectivity index (χ3n) is 2.83. The first-order valence-electron chi connectivity index (χ1n) is 5.55. The zero-order chi connectivity index (χ0) is 9.97. The van der Waals surface area contributed by atoms with E-state index in [1.165, 1.54) is 25.9 Å². The van der Waals surface area contributed by atoms with E-state index in [0.29, 0.717) is 0 Å². The fraction of sp³-hybridized carbons (Fsp3) is 0.667. The van der Waals surface area contributed by atoms with E-state index < -0.39 is 0 Å². The van der Waals surface area contributed by atoms with Crippen molar-refractivity contribution >= 4 is 11.3 Å². The lowest BCUT2D eigenvalue weighted by molar-refractivity contribution is 0.231. The fourth-order valence-electron chi connectivity index (χ4n) is 2.32. The normalized spacial score (nSPS) is 23.5. The molecule has 78 valence electrons. The van der Waals surface area contributed by atoms with Gasteiger partial charge in [0.2, 0.25) is 0 Å². The molecular formula is C12H19NS. The highest BCUT2D eigenvalue weighted by atomic mass is 32.1. The van der Waals surface area contributed by atoms with Gasteiger partial charge in [0.25, 0.3) is 0 Å². The molecule has 1 aromatic rings. The summed E-state index contributed by atoms with van der Waals surface area (Å²) in [6.07, 6.45) is 2.72. The van der Waals surface area contributed by atoms with Crippen molar-refractivity contribution in [1.82, 2.24) is 4.90 Å². The van der Waals surface area contributed by atoms with E-state index >= 15 is 0 Å². The van der Waals surface area contributed by atoms with Crippen LogP contribution in [-0.4, -0.2) is 18.0 Å². The summed E-state index contributed by atoms with van der Waals surface area (Å²) in [6, 6.07) is 5.18. The standard InChI is InChI=1S/C12H19NS/c1-10(2)9-13-7-3-5-11(13)12-6-4-8-14-12/h4,6,8,10-11H,3,5,7,9H2,1-2H3. The fourth-order valence-corrected chi connectivity index (χ4v) is 3.21. The van der Waals surface area contributed by atoms with Crippen molar-refractivity contribution in [3.8, 4) is 0 Å². The van der Waals surface area contributed by atoms with Crippen LogP contribution >= 0.6 is 11.3 Å². The molecule has 1 unspecified atom stereocenters. The van der Waals surface area contributed by atoms with Crippen molar-refractivity contribution in [2.24, 2.45) is 5.92 Å². The van der Waals surface area contributed by atoms with Gasteiger partial charge in [-0.25, -0.2) is 0 Å². The van der Waals surface area contributed by atoms with E-state index in [1.54, 1.807) is 4.88 Å². The lowest BCUT2D eigenvalue weighted by Crippen LogP contribution is -2.26. The Balaban J connectivity index is 2.04. The summed E-state index contributed by atoms with van der Waals surface area (Å²) >= 11 is 1.91. The lowest BCUT2D eigenvalue weighted by atomic mass is 10.1. The van der Waals surface area contributed by atoms with Crippen LogP contribution in [0.5, 0.6) is 0 Å². The highest BCUT2D eigenvalue weighted by Gasteiger charge is 2.26. The molecule has 2 heterocycles. The van der Waals surface area contributed by atoms with Crippen LogP contribution in [-0.2, 0) is 0 Å². The molecule has 1 saturated heterocycles. The first kappa shape index (κ1) is 10.2. The minimum Gasteiger partial charge on any atom is -0.295 e.